The second-order valence-corrected chi connectivity index (χ2v) is 18.6. The number of aromatic nitrogens is 1. The maximum absolute atomic E-state index is 2.53. The zero-order valence-corrected chi connectivity index (χ0v) is 34.6. The zero-order chi connectivity index (χ0) is 40.0. The highest BCUT2D eigenvalue weighted by Gasteiger charge is 2.39. The van der Waals surface area contributed by atoms with Crippen molar-refractivity contribution in [2.45, 2.75) is 57.8 Å². The molecule has 59 heavy (non-hydrogen) atoms. The number of para-hydroxylation sites is 2. The molecule has 9 aromatic rings. The Morgan fingerprint density at radius 2 is 0.695 bits per heavy atom. The van der Waals surface area contributed by atoms with E-state index in [1.54, 1.807) is 0 Å². The summed E-state index contributed by atoms with van der Waals surface area (Å²) < 4.78 is 2.53. The fraction of sp³-hybridized carbons (Fsp3) is 0.158. The zero-order valence-electron chi connectivity index (χ0n) is 34.6. The molecule has 0 radical (unpaired) electrons. The lowest BCUT2D eigenvalue weighted by Gasteiger charge is -2.42. The molecule has 8 aromatic carbocycles. The molecule has 1 aliphatic heterocycles. The molecule has 0 bridgehead atoms. The molecule has 1 aromatic heterocycles. The van der Waals surface area contributed by atoms with Gasteiger partial charge in [0, 0.05) is 38.4 Å². The normalized spacial score (nSPS) is 16.0. The van der Waals surface area contributed by atoms with Crippen LogP contribution in [0.2, 0.25) is 0 Å². The molecule has 12 rings (SSSR count). The molecule has 0 unspecified atom stereocenters. The van der Waals surface area contributed by atoms with Crippen LogP contribution in [-0.2, 0) is 16.2 Å². The first kappa shape index (κ1) is 34.4. The Morgan fingerprint density at radius 3 is 1.15 bits per heavy atom. The number of benzene rings is 8. The van der Waals surface area contributed by atoms with Crippen molar-refractivity contribution in [1.29, 1.82) is 0 Å². The largest absolute Gasteiger partial charge is 0.310 e. The summed E-state index contributed by atoms with van der Waals surface area (Å²) in [6.07, 6.45) is 0. The van der Waals surface area contributed by atoms with Crippen LogP contribution in [-0.4, -0.2) is 4.57 Å². The molecular weight excluding hydrogens is 713 g/mol. The van der Waals surface area contributed by atoms with E-state index in [4.69, 9.17) is 0 Å². The van der Waals surface area contributed by atoms with Crippen molar-refractivity contribution < 1.29 is 0 Å². The van der Waals surface area contributed by atoms with Gasteiger partial charge in [0.05, 0.1) is 22.4 Å². The summed E-state index contributed by atoms with van der Waals surface area (Å²) >= 11 is 0. The van der Waals surface area contributed by atoms with Gasteiger partial charge in [-0.05, 0) is 127 Å². The van der Waals surface area contributed by atoms with Crippen molar-refractivity contribution in [3.63, 3.8) is 0 Å². The summed E-state index contributed by atoms with van der Waals surface area (Å²) in [6, 6.07) is 64.1. The minimum atomic E-state index is -0.0886. The Balaban J connectivity index is 0.993. The lowest BCUT2D eigenvalue weighted by atomic mass is 9.73. The summed E-state index contributed by atoms with van der Waals surface area (Å²) in [6.45, 7) is 14.2. The van der Waals surface area contributed by atoms with Crippen LogP contribution < -0.4 is 4.90 Å². The van der Waals surface area contributed by atoms with Crippen LogP contribution in [0.5, 0.6) is 0 Å². The average Bonchev–Trinajstić information content (AvgIpc) is 3.78. The summed E-state index contributed by atoms with van der Waals surface area (Å²) in [5.41, 5.74) is 23.2. The first-order valence-corrected chi connectivity index (χ1v) is 21.1. The van der Waals surface area contributed by atoms with Crippen LogP contribution in [0, 0.1) is 0 Å². The van der Waals surface area contributed by atoms with Gasteiger partial charge in [-0.25, -0.2) is 0 Å². The van der Waals surface area contributed by atoms with Gasteiger partial charge in [-0.15, -0.1) is 0 Å². The van der Waals surface area contributed by atoms with Crippen molar-refractivity contribution >= 4 is 38.9 Å². The third-order valence-electron chi connectivity index (χ3n) is 14.4. The van der Waals surface area contributed by atoms with Gasteiger partial charge in [0.1, 0.15) is 0 Å². The van der Waals surface area contributed by atoms with Gasteiger partial charge in [-0.3, -0.25) is 0 Å². The van der Waals surface area contributed by atoms with Crippen molar-refractivity contribution in [2.24, 2.45) is 0 Å². The SMILES string of the molecule is CC1(C)c2ccccc2-c2cc3c4cc5c(cc4n(-c4ccc(-c6ccc(N7c8ccccc8C(C)(C)c8ccccc87)cc6)cc4)c3cc21)C(C)(C)c1ccccc1-5. The van der Waals surface area contributed by atoms with Gasteiger partial charge in [-0.2, -0.15) is 0 Å². The molecule has 0 atom stereocenters. The topological polar surface area (TPSA) is 8.17 Å². The Hall–Kier alpha value is -6.64. The molecule has 2 heterocycles. The monoisotopic (exact) mass is 758 g/mol. The summed E-state index contributed by atoms with van der Waals surface area (Å²) in [4.78, 5) is 2.43. The Kier molecular flexibility index (Phi) is 6.84. The minimum absolute atomic E-state index is 0.0791. The van der Waals surface area contributed by atoms with Crippen LogP contribution in [0.15, 0.2) is 170 Å². The first-order chi connectivity index (χ1) is 28.5. The number of rotatable bonds is 3. The maximum Gasteiger partial charge on any atom is 0.0544 e. The molecule has 284 valence electrons. The molecule has 3 aliphatic rings. The van der Waals surface area contributed by atoms with Gasteiger partial charge in [-0.1, -0.05) is 151 Å². The van der Waals surface area contributed by atoms with E-state index >= 15 is 0 Å². The smallest absolute Gasteiger partial charge is 0.0544 e. The third kappa shape index (κ3) is 4.58. The second-order valence-electron chi connectivity index (χ2n) is 18.6. The molecule has 0 saturated heterocycles. The predicted octanol–water partition coefficient (Wildman–Crippen LogP) is 15.2. The molecule has 0 amide bonds. The highest BCUT2D eigenvalue weighted by atomic mass is 15.2. The molecule has 2 nitrogen and oxygen atoms in total. The maximum atomic E-state index is 2.53. The van der Waals surface area contributed by atoms with Gasteiger partial charge in [0.25, 0.3) is 0 Å². The molecule has 2 heteroatoms. The lowest BCUT2D eigenvalue weighted by molar-refractivity contribution is 0.632. The number of fused-ring (bicyclic) bond motifs is 11. The van der Waals surface area contributed by atoms with E-state index in [0.717, 1.165) is 0 Å². The highest BCUT2D eigenvalue weighted by Crippen LogP contribution is 2.55. The van der Waals surface area contributed by atoms with E-state index in [9.17, 15) is 0 Å². The molecular formula is C57H46N2. The molecule has 0 N–H and O–H groups in total. The lowest BCUT2D eigenvalue weighted by Crippen LogP contribution is -2.30. The molecule has 0 fully saturated rings. The van der Waals surface area contributed by atoms with Crippen LogP contribution in [0.25, 0.3) is 60.9 Å². The summed E-state index contributed by atoms with van der Waals surface area (Å²) in [5.74, 6) is 0. The number of anilines is 3. The van der Waals surface area contributed by atoms with E-state index in [2.05, 4.69) is 221 Å². The fourth-order valence-electron chi connectivity index (χ4n) is 11.2. The Labute approximate surface area is 347 Å². The van der Waals surface area contributed by atoms with Crippen molar-refractivity contribution in [2.75, 3.05) is 4.90 Å². The minimum Gasteiger partial charge on any atom is -0.310 e. The average molecular weight is 759 g/mol. The van der Waals surface area contributed by atoms with Gasteiger partial charge in [0.15, 0.2) is 0 Å². The highest BCUT2D eigenvalue weighted by molar-refractivity contribution is 6.13. The standard InChI is InChI=1S/C57H46N2/c1-55(2)45-17-9-7-15-39(45)41-31-43-44-32-42-40-16-8-10-18-46(40)56(3,4)50(42)34-54(44)59(53(43)33-49(41)55)38-29-25-36(26-30-38)35-23-27-37(28-24-35)58-51-21-13-11-19-47(51)57(5,6)48-20-12-14-22-52(48)58/h7-34H,1-6H3. The van der Waals surface area contributed by atoms with E-state index < -0.39 is 0 Å². The third-order valence-corrected chi connectivity index (χ3v) is 14.4. The molecule has 2 aliphatic carbocycles. The van der Waals surface area contributed by atoms with Crippen LogP contribution >= 0.6 is 0 Å². The van der Waals surface area contributed by atoms with Crippen LogP contribution in [0.4, 0.5) is 17.1 Å². The second kappa shape index (κ2) is 11.7. The number of nitrogens with zero attached hydrogens (tertiary/aromatic N) is 2. The van der Waals surface area contributed by atoms with E-state index in [1.165, 1.54) is 111 Å². The Morgan fingerprint density at radius 1 is 0.322 bits per heavy atom. The van der Waals surface area contributed by atoms with Gasteiger partial charge >= 0.3 is 0 Å². The van der Waals surface area contributed by atoms with E-state index in [-0.39, 0.29) is 16.2 Å². The van der Waals surface area contributed by atoms with Crippen molar-refractivity contribution in [3.05, 3.63) is 203 Å². The van der Waals surface area contributed by atoms with Crippen molar-refractivity contribution in [1.82, 2.24) is 4.57 Å². The van der Waals surface area contributed by atoms with E-state index in [0.29, 0.717) is 0 Å². The van der Waals surface area contributed by atoms with Gasteiger partial charge < -0.3 is 9.47 Å². The van der Waals surface area contributed by atoms with Crippen LogP contribution in [0.1, 0.15) is 74.9 Å². The van der Waals surface area contributed by atoms with Gasteiger partial charge in [0.2, 0.25) is 0 Å². The number of hydrogen-bond acceptors (Lipinski definition) is 1. The van der Waals surface area contributed by atoms with Crippen LogP contribution in [0.3, 0.4) is 0 Å². The fourth-order valence-corrected chi connectivity index (χ4v) is 11.2. The molecule has 0 spiro atoms. The molecule has 0 saturated carbocycles. The number of hydrogen-bond donors (Lipinski definition) is 0. The van der Waals surface area contributed by atoms with E-state index in [1.807, 2.05) is 0 Å². The Bertz CT molecular complexity index is 3060. The summed E-state index contributed by atoms with van der Waals surface area (Å²) in [5, 5.41) is 2.61. The predicted molar refractivity (Wildman–Crippen MR) is 248 cm³/mol. The first-order valence-electron chi connectivity index (χ1n) is 21.1. The summed E-state index contributed by atoms with van der Waals surface area (Å²) in [7, 11) is 0. The quantitative estimate of drug-likeness (QED) is 0.174. The van der Waals surface area contributed by atoms with Crippen molar-refractivity contribution in [3.8, 4) is 39.1 Å².